The summed E-state index contributed by atoms with van der Waals surface area (Å²) in [5.74, 6) is 0.0169. The van der Waals surface area contributed by atoms with Crippen LogP contribution in [0.3, 0.4) is 0 Å². The summed E-state index contributed by atoms with van der Waals surface area (Å²) in [6.07, 6.45) is 7.79. The number of carbonyl (C=O) groups excluding carboxylic acids is 1. The lowest BCUT2D eigenvalue weighted by Crippen LogP contribution is -2.30. The minimum atomic E-state index is 0.0169. The van der Waals surface area contributed by atoms with E-state index in [1.165, 1.54) is 41.5 Å². The molecule has 1 saturated carbocycles. The molecule has 43 heavy (non-hydrogen) atoms. The Kier molecular flexibility index (Phi) is 9.05. The first-order valence-electron chi connectivity index (χ1n) is 15.4. The van der Waals surface area contributed by atoms with Crippen molar-refractivity contribution in [2.45, 2.75) is 38.1 Å². The van der Waals surface area contributed by atoms with Gasteiger partial charge in [-0.15, -0.1) is 0 Å². The Labute approximate surface area is 255 Å². The van der Waals surface area contributed by atoms with Gasteiger partial charge in [-0.25, -0.2) is 0 Å². The van der Waals surface area contributed by atoms with Crippen molar-refractivity contribution >= 4 is 22.6 Å². The van der Waals surface area contributed by atoms with Gasteiger partial charge in [0.25, 0.3) is 0 Å². The summed E-state index contributed by atoms with van der Waals surface area (Å²) < 4.78 is 0. The van der Waals surface area contributed by atoms with Gasteiger partial charge in [0, 0.05) is 23.4 Å². The van der Waals surface area contributed by atoms with Gasteiger partial charge < -0.3 is 5.32 Å². The first-order valence-corrected chi connectivity index (χ1v) is 15.4. The molecule has 1 aliphatic carbocycles. The van der Waals surface area contributed by atoms with E-state index in [-0.39, 0.29) is 5.78 Å². The first kappa shape index (κ1) is 28.2. The largest absolute Gasteiger partial charge is 0.382 e. The van der Waals surface area contributed by atoms with E-state index < -0.39 is 0 Å². The van der Waals surface area contributed by atoms with E-state index in [0.717, 1.165) is 35.2 Å². The molecule has 5 aromatic carbocycles. The van der Waals surface area contributed by atoms with Crippen LogP contribution >= 0.6 is 0 Å². The summed E-state index contributed by atoms with van der Waals surface area (Å²) in [6.45, 7) is 0. The van der Waals surface area contributed by atoms with Gasteiger partial charge in [0.05, 0.1) is 0 Å². The van der Waals surface area contributed by atoms with Crippen LogP contribution < -0.4 is 5.32 Å². The average Bonchev–Trinajstić information content (AvgIpc) is 3.09. The van der Waals surface area contributed by atoms with Crippen molar-refractivity contribution in [3.63, 3.8) is 0 Å². The fourth-order valence-corrected chi connectivity index (χ4v) is 6.03. The fourth-order valence-electron chi connectivity index (χ4n) is 6.03. The number of allylic oxidation sites excluding steroid dienone is 1. The Morgan fingerprint density at radius 2 is 0.837 bits per heavy atom. The smallest absolute Gasteiger partial charge is 0.187 e. The van der Waals surface area contributed by atoms with Gasteiger partial charge in [-0.1, -0.05) is 165 Å². The molecule has 1 fully saturated rings. The summed E-state index contributed by atoms with van der Waals surface area (Å²) in [5.41, 5.74) is 9.61. The van der Waals surface area contributed by atoms with Crippen LogP contribution in [-0.4, -0.2) is 11.8 Å². The number of nitrogens with one attached hydrogen (secondary N) is 1. The number of benzene rings is 5. The summed E-state index contributed by atoms with van der Waals surface area (Å²) in [6, 6.07) is 50.5. The lowest BCUT2D eigenvalue weighted by molar-refractivity contribution is 0.104. The predicted molar refractivity (Wildman–Crippen MR) is 180 cm³/mol. The fraction of sp³-hybridized carbons (Fsp3) is 0.146. The van der Waals surface area contributed by atoms with E-state index in [2.05, 4.69) is 121 Å². The van der Waals surface area contributed by atoms with Crippen molar-refractivity contribution in [3.05, 3.63) is 185 Å². The van der Waals surface area contributed by atoms with E-state index in [1.54, 1.807) is 6.08 Å². The first-order chi connectivity index (χ1) is 21.3. The molecule has 0 atom stereocenters. The highest BCUT2D eigenvalue weighted by Crippen LogP contribution is 2.37. The van der Waals surface area contributed by atoms with Gasteiger partial charge in [-0.05, 0) is 51.8 Å². The van der Waals surface area contributed by atoms with Crippen molar-refractivity contribution in [1.29, 1.82) is 0 Å². The van der Waals surface area contributed by atoms with Crippen LogP contribution in [0.25, 0.3) is 16.8 Å². The Balaban J connectivity index is 1.46. The maximum Gasteiger partial charge on any atom is 0.187 e. The monoisotopic (exact) mass is 559 g/mol. The summed E-state index contributed by atoms with van der Waals surface area (Å²) in [5, 5.41) is 3.76. The number of rotatable bonds is 9. The Morgan fingerprint density at radius 1 is 0.465 bits per heavy atom. The van der Waals surface area contributed by atoms with Gasteiger partial charge >= 0.3 is 0 Å². The molecule has 0 bridgehead atoms. The Hall–Kier alpha value is -4.95. The molecule has 212 valence electrons. The third-order valence-electron chi connectivity index (χ3n) is 8.22. The molecule has 6 rings (SSSR count). The molecule has 5 aromatic rings. The summed E-state index contributed by atoms with van der Waals surface area (Å²) in [4.78, 5) is 13.3. The molecule has 0 heterocycles. The van der Waals surface area contributed by atoms with Gasteiger partial charge in [0.1, 0.15) is 0 Å². The van der Waals surface area contributed by atoms with Crippen molar-refractivity contribution in [3.8, 4) is 0 Å². The summed E-state index contributed by atoms with van der Waals surface area (Å²) >= 11 is 0. The maximum atomic E-state index is 13.3. The minimum Gasteiger partial charge on any atom is -0.382 e. The van der Waals surface area contributed by atoms with Gasteiger partial charge in [0.15, 0.2) is 5.78 Å². The van der Waals surface area contributed by atoms with Crippen LogP contribution in [0.1, 0.15) is 70.3 Å². The molecular weight excluding hydrogens is 522 g/mol. The van der Waals surface area contributed by atoms with Crippen LogP contribution in [0.5, 0.6) is 0 Å². The van der Waals surface area contributed by atoms with Crippen molar-refractivity contribution < 1.29 is 4.79 Å². The lowest BCUT2D eigenvalue weighted by atomic mass is 9.85. The van der Waals surface area contributed by atoms with Gasteiger partial charge in [-0.2, -0.15) is 0 Å². The molecule has 1 N–H and O–H groups in total. The Morgan fingerprint density at radius 3 is 1.28 bits per heavy atom. The zero-order valence-corrected chi connectivity index (χ0v) is 24.5. The topological polar surface area (TPSA) is 29.1 Å². The van der Waals surface area contributed by atoms with Crippen LogP contribution in [0, 0.1) is 0 Å². The van der Waals surface area contributed by atoms with E-state index in [9.17, 15) is 4.79 Å². The molecule has 0 spiro atoms. The molecule has 0 unspecified atom stereocenters. The van der Waals surface area contributed by atoms with E-state index in [1.807, 2.05) is 30.3 Å². The van der Waals surface area contributed by atoms with Gasteiger partial charge in [-0.3, -0.25) is 4.79 Å². The number of hydrogen-bond acceptors (Lipinski definition) is 2. The quantitative estimate of drug-likeness (QED) is 0.111. The molecule has 1 aliphatic rings. The van der Waals surface area contributed by atoms with Crippen molar-refractivity contribution in [1.82, 2.24) is 5.32 Å². The van der Waals surface area contributed by atoms with E-state index >= 15 is 0 Å². The molecule has 0 amide bonds. The van der Waals surface area contributed by atoms with Crippen LogP contribution in [0.15, 0.2) is 152 Å². The molecule has 2 heteroatoms. The number of hydrogen-bond donors (Lipinski definition) is 1. The van der Waals surface area contributed by atoms with Crippen molar-refractivity contribution in [2.75, 3.05) is 0 Å². The standard InChI is InChI=1S/C41H37NO/c43-39(32-16-6-1-7-17-32)30-38(42-37-24-14-5-15-25-37)31-26-28-36(29-27-31)41(35-22-12-4-13-23-35)40(33-18-8-2-9-19-33)34-20-10-3-11-21-34/h1-4,6-13,16-23,26-30,37,42H,5,14-15,24-25H2/b38-30-. The molecule has 0 aliphatic heterocycles. The summed E-state index contributed by atoms with van der Waals surface area (Å²) in [7, 11) is 0. The molecule has 2 nitrogen and oxygen atoms in total. The highest BCUT2D eigenvalue weighted by molar-refractivity contribution is 6.08. The van der Waals surface area contributed by atoms with Crippen LogP contribution in [0.2, 0.25) is 0 Å². The molecule has 0 radical (unpaired) electrons. The third-order valence-corrected chi connectivity index (χ3v) is 8.22. The zero-order chi connectivity index (χ0) is 29.3. The Bertz CT molecular complexity index is 1640. The molecule has 0 saturated heterocycles. The molecule has 0 aromatic heterocycles. The normalized spacial score (nSPS) is 13.7. The maximum absolute atomic E-state index is 13.3. The SMILES string of the molecule is O=C(/C=C(\NC1CCCCC1)c1ccc(C(=C(c2ccccc2)c2ccccc2)c2ccccc2)cc1)c1ccccc1. The number of ketones is 1. The molecular formula is C41H37NO. The highest BCUT2D eigenvalue weighted by atomic mass is 16.1. The average molecular weight is 560 g/mol. The van der Waals surface area contributed by atoms with Gasteiger partial charge in [0.2, 0.25) is 0 Å². The zero-order valence-electron chi connectivity index (χ0n) is 24.5. The highest BCUT2D eigenvalue weighted by Gasteiger charge is 2.19. The van der Waals surface area contributed by atoms with Crippen LogP contribution in [-0.2, 0) is 0 Å². The van der Waals surface area contributed by atoms with Crippen molar-refractivity contribution in [2.24, 2.45) is 0 Å². The minimum absolute atomic E-state index is 0.0169. The second-order valence-electron chi connectivity index (χ2n) is 11.2. The second-order valence-corrected chi connectivity index (χ2v) is 11.2. The second kappa shape index (κ2) is 13.8. The van der Waals surface area contributed by atoms with Crippen LogP contribution in [0.4, 0.5) is 0 Å². The predicted octanol–water partition coefficient (Wildman–Crippen LogP) is 9.84. The van der Waals surface area contributed by atoms with E-state index in [0.29, 0.717) is 11.6 Å². The lowest BCUT2D eigenvalue weighted by Gasteiger charge is -2.26. The third kappa shape index (κ3) is 6.93. The van der Waals surface area contributed by atoms with E-state index in [4.69, 9.17) is 0 Å². The number of carbonyl (C=O) groups is 1.